The first-order valence-electron chi connectivity index (χ1n) is 19.0. The van der Waals surface area contributed by atoms with Crippen molar-refractivity contribution in [2.24, 2.45) is 14.1 Å². The van der Waals surface area contributed by atoms with Crippen LogP contribution in [0.4, 0.5) is 34.4 Å². The zero-order valence-electron chi connectivity index (χ0n) is 34.3. The fourth-order valence-corrected chi connectivity index (χ4v) is 7.15. The Balaban J connectivity index is 0.000000172. The molecule has 4 aromatic carbocycles. The van der Waals surface area contributed by atoms with Crippen molar-refractivity contribution >= 4 is 78.6 Å². The Kier molecular flexibility index (Phi) is 14.4. The van der Waals surface area contributed by atoms with Crippen LogP contribution >= 0.6 is 9.69 Å². The molecule has 0 N–H and O–H groups in total. The third-order valence-corrected chi connectivity index (χ3v) is 9.67. The summed E-state index contributed by atoms with van der Waals surface area (Å²) >= 11 is 1.82. The molecule has 0 spiro atoms. The van der Waals surface area contributed by atoms with Crippen molar-refractivity contribution in [1.29, 1.82) is 0 Å². The van der Waals surface area contributed by atoms with E-state index in [4.69, 9.17) is 20.8 Å². The quantitative estimate of drug-likeness (QED) is 0.0757. The van der Waals surface area contributed by atoms with Crippen LogP contribution in [0.3, 0.4) is 0 Å². The van der Waals surface area contributed by atoms with Gasteiger partial charge in [0.25, 0.3) is 12.7 Å². The number of aryl methyl sites for hydroxylation is 2. The maximum absolute atomic E-state index is 7.44. The summed E-state index contributed by atoms with van der Waals surface area (Å²) in [4.78, 5) is 18.4. The Bertz CT molecular complexity index is 2530. The number of halogens is 1. The van der Waals surface area contributed by atoms with Crippen molar-refractivity contribution in [2.75, 3.05) is 33.7 Å². The van der Waals surface area contributed by atoms with Crippen LogP contribution in [0.25, 0.3) is 44.5 Å². The molecule has 0 saturated carbocycles. The zero-order chi connectivity index (χ0) is 42.8. The summed E-state index contributed by atoms with van der Waals surface area (Å²) in [7, 11) is 12.8. The van der Waals surface area contributed by atoms with E-state index in [2.05, 4.69) is 211 Å². The second-order valence-electron chi connectivity index (χ2n) is 13.6. The van der Waals surface area contributed by atoms with Crippen LogP contribution in [-0.4, -0.2) is 45.6 Å². The first kappa shape index (κ1) is 43.2. The van der Waals surface area contributed by atoms with Gasteiger partial charge < -0.3 is 30.4 Å². The maximum atomic E-state index is 7.44. The molecule has 0 atom stereocenters. The van der Waals surface area contributed by atoms with E-state index in [1.54, 1.807) is 13.8 Å². The number of hydrogen-bond donors (Lipinski definition) is 0. The van der Waals surface area contributed by atoms with Gasteiger partial charge in [0, 0.05) is 34.9 Å². The average molecular weight is 903 g/mol. The Morgan fingerprint density at radius 2 is 0.817 bits per heavy atom. The Morgan fingerprint density at radius 3 is 1.22 bits per heavy atom. The predicted molar refractivity (Wildman–Crippen MR) is 243 cm³/mol. The second-order valence-corrected chi connectivity index (χ2v) is 13.6. The van der Waals surface area contributed by atoms with Crippen LogP contribution in [-0.2, 0) is 31.4 Å². The number of anilines is 6. The van der Waals surface area contributed by atoms with Gasteiger partial charge in [0.15, 0.2) is 22.1 Å². The summed E-state index contributed by atoms with van der Waals surface area (Å²) < 4.78 is 8.50. The minimum atomic E-state index is 0.903. The molecule has 4 aromatic heterocycles. The zero-order valence-corrected chi connectivity index (χ0v) is 36.8. The summed E-state index contributed by atoms with van der Waals surface area (Å²) in [5.74, 6) is 3.61. The summed E-state index contributed by atoms with van der Waals surface area (Å²) in [6.07, 6.45) is 6.15. The molecule has 307 valence electrons. The Morgan fingerprint density at radius 1 is 0.500 bits per heavy atom. The van der Waals surface area contributed by atoms with Crippen LogP contribution in [0.5, 0.6) is 0 Å². The molecule has 10 rings (SSSR count). The fraction of sp³-hybridized carbons (Fsp3) is 0.130. The number of benzene rings is 4. The van der Waals surface area contributed by atoms with Gasteiger partial charge in [0.2, 0.25) is 11.6 Å². The molecule has 0 unspecified atom stereocenters. The van der Waals surface area contributed by atoms with Crippen LogP contribution in [0.2, 0.25) is 0 Å². The summed E-state index contributed by atoms with van der Waals surface area (Å²) in [6, 6.07) is 45.7. The number of pyridine rings is 2. The van der Waals surface area contributed by atoms with Crippen molar-refractivity contribution in [3.8, 4) is 11.6 Å². The molecule has 2 aliphatic heterocycles. The first-order chi connectivity index (χ1) is 29.3. The number of hydrogen-bond acceptors (Lipinski definition) is 6. The molecule has 8 aromatic rings. The topological polar surface area (TPSA) is 101 Å². The van der Waals surface area contributed by atoms with Crippen molar-refractivity contribution in [1.82, 2.24) is 19.1 Å². The molecule has 6 heterocycles. The molecule has 0 aliphatic carbocycles. The molecule has 2 aliphatic rings. The second kappa shape index (κ2) is 20.0. The van der Waals surface area contributed by atoms with Crippen molar-refractivity contribution in [3.63, 3.8) is 0 Å². The van der Waals surface area contributed by atoms with Gasteiger partial charge >= 0.3 is 27.0 Å². The molecule has 0 saturated heterocycles. The molecular weight excluding hydrogens is 857 g/mol. The summed E-state index contributed by atoms with van der Waals surface area (Å²) in [5, 5.41) is 14.9. The monoisotopic (exact) mass is 903 g/mol. The van der Waals surface area contributed by atoms with E-state index in [1.165, 1.54) is 22.4 Å². The predicted octanol–water partition coefficient (Wildman–Crippen LogP) is 9.09. The first-order valence-corrected chi connectivity index (χ1v) is 21.3. The van der Waals surface area contributed by atoms with Gasteiger partial charge in [-0.3, -0.25) is 0 Å². The third-order valence-electron chi connectivity index (χ3n) is 9.67. The molecule has 0 amide bonds. The van der Waals surface area contributed by atoms with Crippen molar-refractivity contribution in [2.45, 2.75) is 13.8 Å². The Labute approximate surface area is 365 Å². The molecule has 12 nitrogen and oxygen atoms in total. The van der Waals surface area contributed by atoms with Crippen LogP contribution in [0.1, 0.15) is 13.8 Å². The van der Waals surface area contributed by atoms with Gasteiger partial charge in [0.05, 0.1) is 14.1 Å². The molecule has 60 heavy (non-hydrogen) atoms. The summed E-state index contributed by atoms with van der Waals surface area (Å²) in [5.41, 5.74) is 9.28. The molecule has 0 bridgehead atoms. The van der Waals surface area contributed by atoms with Crippen molar-refractivity contribution < 1.29 is 26.4 Å². The third kappa shape index (κ3) is 8.92. The standard InChI is InChI=1S/2C21H19N5.2C2H4N.ClH.Ru/c2*1-23-14-25(18-10-5-3-8-16(18)23)20-12-7-13-21(22-20)26-15-24(2)17-9-4-6-11-19(17)26;2*1-2-3;;/h2*3-15H,1-2H3;2*2H,1H3;1H;/q-2;+2;2*-1;;+1/p-1. The SMILES string of the molecule is CC=[N-].CC=[N-].CN1[CH-]N(c2cccc(N3[CH-]N(C)c4ccccc43)n2)c2ccccc21.C[n+]1cn(-c2cccc(-n3c[n+](C)c4ccccc43)n2)c2ccccc21.[Cl][Ru]. The number of fused-ring (bicyclic) bond motifs is 4. The average Bonchev–Trinajstić information content (AvgIpc) is 4.03. The van der Waals surface area contributed by atoms with Crippen LogP contribution < -0.4 is 28.7 Å². The van der Waals surface area contributed by atoms with E-state index in [0.29, 0.717) is 0 Å². The molecule has 14 heteroatoms. The minimum absolute atomic E-state index is 0.903. The number of aromatic nitrogens is 6. The normalized spacial score (nSPS) is 12.2. The van der Waals surface area contributed by atoms with Gasteiger partial charge in [-0.25, -0.2) is 26.5 Å². The number of nitrogens with zero attached hydrogens (tertiary/aromatic N) is 12. The van der Waals surface area contributed by atoms with E-state index in [9.17, 15) is 0 Å². The molecular formula is C46H46ClN12Ru-2. The van der Waals surface area contributed by atoms with Crippen molar-refractivity contribution in [3.05, 3.63) is 170 Å². The van der Waals surface area contributed by atoms with E-state index >= 15 is 0 Å². The summed E-state index contributed by atoms with van der Waals surface area (Å²) in [6.45, 7) is 7.26. The number of rotatable bonds is 4. The molecule has 0 radical (unpaired) electrons. The van der Waals surface area contributed by atoms with Gasteiger partial charge in [0.1, 0.15) is 11.6 Å². The van der Waals surface area contributed by atoms with E-state index in [-0.39, 0.29) is 0 Å². The Hall–Kier alpha value is -6.43. The van der Waals surface area contributed by atoms with E-state index in [0.717, 1.165) is 58.1 Å². The van der Waals surface area contributed by atoms with Crippen LogP contribution in [0, 0.1) is 13.3 Å². The number of para-hydroxylation sites is 8. The van der Waals surface area contributed by atoms with Crippen LogP contribution in [0.15, 0.2) is 146 Å². The van der Waals surface area contributed by atoms with Gasteiger partial charge in [-0.1, -0.05) is 74.5 Å². The number of imidazole rings is 2. The van der Waals surface area contributed by atoms with Gasteiger partial charge in [-0.05, 0) is 74.8 Å². The fourth-order valence-electron chi connectivity index (χ4n) is 7.15. The van der Waals surface area contributed by atoms with Gasteiger partial charge in [-0.15, -0.1) is 13.3 Å². The van der Waals surface area contributed by atoms with Gasteiger partial charge in [-0.2, -0.15) is 14.1 Å². The van der Waals surface area contributed by atoms with E-state index < -0.39 is 0 Å². The molecule has 0 fully saturated rings. The van der Waals surface area contributed by atoms with E-state index in [1.807, 2.05) is 41.6 Å².